The minimum atomic E-state index is -0.0383. The van der Waals surface area contributed by atoms with Gasteiger partial charge in [-0.2, -0.15) is 0 Å². The molecule has 9 heteroatoms. The van der Waals surface area contributed by atoms with Crippen LogP contribution in [0.15, 0.2) is 46.0 Å². The van der Waals surface area contributed by atoms with Crippen LogP contribution in [0.5, 0.6) is 11.5 Å². The Labute approximate surface area is 207 Å². The Morgan fingerprint density at radius 1 is 1.22 bits per heavy atom. The zero-order chi connectivity index (χ0) is 21.9. The Balaban J connectivity index is 0.00000363. The van der Waals surface area contributed by atoms with Crippen LogP contribution in [-0.4, -0.2) is 62.5 Å². The second-order valence-corrected chi connectivity index (χ2v) is 7.41. The van der Waals surface area contributed by atoms with Gasteiger partial charge in [0.05, 0.1) is 32.6 Å². The molecule has 1 unspecified atom stereocenters. The minimum Gasteiger partial charge on any atom is -0.493 e. The molecule has 1 aromatic carbocycles. The monoisotopic (exact) mass is 558 g/mol. The third-order valence-corrected chi connectivity index (χ3v) is 5.26. The van der Waals surface area contributed by atoms with Crippen LogP contribution < -0.4 is 20.1 Å². The fourth-order valence-electron chi connectivity index (χ4n) is 3.73. The molecule has 3 N–H and O–H groups in total. The number of nitrogens with one attached hydrogen (secondary N) is 2. The number of aliphatic hydroxyl groups is 1. The fraction of sp³-hybridized carbons (Fsp3) is 0.522. The average molecular weight is 558 g/mol. The summed E-state index contributed by atoms with van der Waals surface area (Å²) in [4.78, 5) is 7.20. The molecule has 8 nitrogen and oxygen atoms in total. The molecule has 1 fully saturated rings. The van der Waals surface area contributed by atoms with Gasteiger partial charge in [0, 0.05) is 13.1 Å². The van der Waals surface area contributed by atoms with Crippen molar-refractivity contribution in [2.75, 3.05) is 46.5 Å². The Bertz CT molecular complexity index is 810. The molecule has 0 aliphatic carbocycles. The highest BCUT2D eigenvalue weighted by Crippen LogP contribution is 2.28. The summed E-state index contributed by atoms with van der Waals surface area (Å²) in [5.41, 5.74) is 1.01. The number of ether oxygens (including phenoxy) is 2. The summed E-state index contributed by atoms with van der Waals surface area (Å²) in [6, 6.07) is 9.89. The van der Waals surface area contributed by atoms with Crippen molar-refractivity contribution >= 4 is 29.9 Å². The van der Waals surface area contributed by atoms with E-state index in [2.05, 4.69) is 22.5 Å². The van der Waals surface area contributed by atoms with Crippen LogP contribution in [0.4, 0.5) is 0 Å². The van der Waals surface area contributed by atoms with Gasteiger partial charge in [-0.05, 0) is 62.7 Å². The quantitative estimate of drug-likeness (QED) is 0.222. The molecule has 1 aromatic heterocycles. The standard InChI is InChI=1S/C23H34N4O4.HI/c1-3-24-23(25-16-18-8-9-21(31-14-12-28)22(15-18)29-2)26-17-19(20-7-6-13-30-20)27-10-4-5-11-27;/h6-9,13,15,19,28H,3-5,10-12,14,16-17H2,1-2H3,(H2,24,25,26);1H. The van der Waals surface area contributed by atoms with Gasteiger partial charge in [0.1, 0.15) is 12.4 Å². The zero-order valence-electron chi connectivity index (χ0n) is 18.9. The molecule has 3 rings (SSSR count). The van der Waals surface area contributed by atoms with Gasteiger partial charge in [0.2, 0.25) is 0 Å². The third-order valence-electron chi connectivity index (χ3n) is 5.26. The van der Waals surface area contributed by atoms with Gasteiger partial charge < -0.3 is 29.6 Å². The summed E-state index contributed by atoms with van der Waals surface area (Å²) in [6.45, 7) is 6.42. The van der Waals surface area contributed by atoms with Crippen molar-refractivity contribution < 1.29 is 19.0 Å². The van der Waals surface area contributed by atoms with Crippen molar-refractivity contribution in [2.24, 2.45) is 4.99 Å². The van der Waals surface area contributed by atoms with E-state index in [1.807, 2.05) is 30.3 Å². The van der Waals surface area contributed by atoms with E-state index in [-0.39, 0.29) is 43.2 Å². The first-order chi connectivity index (χ1) is 15.2. The SMILES string of the molecule is CCNC(=NCc1ccc(OCCO)c(OC)c1)NCC(c1ccco1)N1CCCC1.I. The number of nitrogens with zero attached hydrogens (tertiary/aromatic N) is 2. The van der Waals surface area contributed by atoms with Gasteiger partial charge >= 0.3 is 0 Å². The van der Waals surface area contributed by atoms with E-state index in [0.29, 0.717) is 18.0 Å². The van der Waals surface area contributed by atoms with Gasteiger partial charge in [0.25, 0.3) is 0 Å². The smallest absolute Gasteiger partial charge is 0.191 e. The summed E-state index contributed by atoms with van der Waals surface area (Å²) < 4.78 is 16.6. The van der Waals surface area contributed by atoms with Crippen LogP contribution in [0, 0.1) is 0 Å². The molecular formula is C23H35IN4O4. The van der Waals surface area contributed by atoms with Gasteiger partial charge in [-0.1, -0.05) is 6.07 Å². The molecule has 0 bridgehead atoms. The number of halogens is 1. The van der Waals surface area contributed by atoms with Crippen molar-refractivity contribution in [1.82, 2.24) is 15.5 Å². The Kier molecular flexibility index (Phi) is 11.7. The third kappa shape index (κ3) is 7.56. The second kappa shape index (κ2) is 14.2. The van der Waals surface area contributed by atoms with Crippen molar-refractivity contribution in [3.63, 3.8) is 0 Å². The molecule has 1 aliphatic heterocycles. The molecule has 1 saturated heterocycles. The van der Waals surface area contributed by atoms with Crippen LogP contribution in [-0.2, 0) is 6.54 Å². The molecule has 1 atom stereocenters. The molecule has 0 amide bonds. The van der Waals surface area contributed by atoms with E-state index in [0.717, 1.165) is 43.5 Å². The Hall–Kier alpha value is -1.98. The first kappa shape index (κ1) is 26.3. The summed E-state index contributed by atoms with van der Waals surface area (Å²) in [5.74, 6) is 2.98. The molecule has 1 aliphatic rings. The molecule has 178 valence electrons. The molecule has 32 heavy (non-hydrogen) atoms. The lowest BCUT2D eigenvalue weighted by Crippen LogP contribution is -2.42. The molecular weight excluding hydrogens is 523 g/mol. The molecule has 0 radical (unpaired) electrons. The Morgan fingerprint density at radius 3 is 2.69 bits per heavy atom. The lowest BCUT2D eigenvalue weighted by molar-refractivity contribution is 0.196. The van der Waals surface area contributed by atoms with Gasteiger partial charge in [-0.15, -0.1) is 24.0 Å². The predicted molar refractivity (Wildman–Crippen MR) is 136 cm³/mol. The van der Waals surface area contributed by atoms with E-state index in [1.54, 1.807) is 13.4 Å². The maximum atomic E-state index is 8.95. The number of hydrogen-bond donors (Lipinski definition) is 3. The van der Waals surface area contributed by atoms with Crippen LogP contribution in [0.3, 0.4) is 0 Å². The van der Waals surface area contributed by atoms with Crippen LogP contribution >= 0.6 is 24.0 Å². The number of furan rings is 1. The highest BCUT2D eigenvalue weighted by atomic mass is 127. The number of aliphatic hydroxyl groups excluding tert-OH is 1. The Morgan fingerprint density at radius 2 is 2.03 bits per heavy atom. The number of hydrogen-bond acceptors (Lipinski definition) is 6. The summed E-state index contributed by atoms with van der Waals surface area (Å²) in [7, 11) is 1.60. The number of rotatable bonds is 11. The summed E-state index contributed by atoms with van der Waals surface area (Å²) >= 11 is 0. The zero-order valence-corrected chi connectivity index (χ0v) is 21.2. The first-order valence-electron chi connectivity index (χ1n) is 10.9. The topological polar surface area (TPSA) is 91.5 Å². The van der Waals surface area contributed by atoms with Crippen molar-refractivity contribution in [3.8, 4) is 11.5 Å². The van der Waals surface area contributed by atoms with Crippen molar-refractivity contribution in [2.45, 2.75) is 32.4 Å². The average Bonchev–Trinajstić information content (AvgIpc) is 3.51. The van der Waals surface area contributed by atoms with E-state index < -0.39 is 0 Å². The van der Waals surface area contributed by atoms with Gasteiger partial charge in [-0.3, -0.25) is 4.90 Å². The summed E-state index contributed by atoms with van der Waals surface area (Å²) in [6.07, 6.45) is 4.19. The maximum absolute atomic E-state index is 8.95. The lowest BCUT2D eigenvalue weighted by atomic mass is 10.2. The highest BCUT2D eigenvalue weighted by Gasteiger charge is 2.25. The molecule has 0 saturated carbocycles. The molecule has 2 aromatic rings. The van der Waals surface area contributed by atoms with Crippen LogP contribution in [0.1, 0.15) is 37.1 Å². The van der Waals surface area contributed by atoms with E-state index >= 15 is 0 Å². The van der Waals surface area contributed by atoms with Crippen LogP contribution in [0.2, 0.25) is 0 Å². The first-order valence-corrected chi connectivity index (χ1v) is 10.9. The number of likely N-dealkylation sites (tertiary alicyclic amines) is 1. The normalized spacial score (nSPS) is 15.2. The van der Waals surface area contributed by atoms with Gasteiger partial charge in [0.15, 0.2) is 17.5 Å². The van der Waals surface area contributed by atoms with Crippen molar-refractivity contribution in [3.05, 3.63) is 47.9 Å². The molecule has 2 heterocycles. The highest BCUT2D eigenvalue weighted by molar-refractivity contribution is 14.0. The number of methoxy groups -OCH3 is 1. The molecule has 0 spiro atoms. The minimum absolute atomic E-state index is 0. The van der Waals surface area contributed by atoms with Gasteiger partial charge in [-0.25, -0.2) is 4.99 Å². The lowest BCUT2D eigenvalue weighted by Gasteiger charge is -2.26. The number of guanidine groups is 1. The van der Waals surface area contributed by atoms with E-state index in [4.69, 9.17) is 24.0 Å². The summed E-state index contributed by atoms with van der Waals surface area (Å²) in [5, 5.41) is 15.8. The number of benzene rings is 1. The second-order valence-electron chi connectivity index (χ2n) is 7.41. The number of aliphatic imine (C=N–C) groups is 1. The maximum Gasteiger partial charge on any atom is 0.191 e. The van der Waals surface area contributed by atoms with Crippen molar-refractivity contribution in [1.29, 1.82) is 0 Å². The predicted octanol–water partition coefficient (Wildman–Crippen LogP) is 3.17. The van der Waals surface area contributed by atoms with E-state index in [9.17, 15) is 0 Å². The van der Waals surface area contributed by atoms with E-state index in [1.165, 1.54) is 12.8 Å². The fourth-order valence-corrected chi connectivity index (χ4v) is 3.73. The van der Waals surface area contributed by atoms with Crippen LogP contribution in [0.25, 0.3) is 0 Å². The largest absolute Gasteiger partial charge is 0.493 e.